The Morgan fingerprint density at radius 3 is 2.41 bits per heavy atom. The topological polar surface area (TPSA) is 99.5 Å². The molecule has 1 heterocycles. The summed E-state index contributed by atoms with van der Waals surface area (Å²) in [5, 5.41) is 7.80. The SMILES string of the molecule is CCn1nc(C(=O)NCC2CCC(C)CC2)c(Cl)c1-c1ccc(OC2CCC(F)(F)CC2)cc1OC.O=S=O. The highest BCUT2D eigenvalue weighted by molar-refractivity contribution is 7.51. The Balaban J connectivity index is 0.00000134. The molecule has 8 nitrogen and oxygen atoms in total. The molecule has 2 aromatic rings. The van der Waals surface area contributed by atoms with E-state index in [9.17, 15) is 13.6 Å². The molecule has 2 saturated carbocycles. The molecule has 1 N–H and O–H groups in total. The molecule has 0 aliphatic heterocycles. The number of amides is 1. The summed E-state index contributed by atoms with van der Waals surface area (Å²) in [6.07, 6.45) is 4.68. The second kappa shape index (κ2) is 14.2. The largest absolute Gasteiger partial charge is 0.496 e. The summed E-state index contributed by atoms with van der Waals surface area (Å²) in [6.45, 7) is 5.34. The quantitative estimate of drug-likeness (QED) is 0.402. The number of carbonyl (C=O) groups is 1. The van der Waals surface area contributed by atoms with Crippen LogP contribution in [0.3, 0.4) is 0 Å². The van der Waals surface area contributed by atoms with E-state index in [2.05, 4.69) is 17.3 Å². The molecular weight excluding hydrogens is 552 g/mol. The normalized spacial score (nSPS) is 20.9. The number of hydrogen-bond donors (Lipinski definition) is 1. The molecule has 0 radical (unpaired) electrons. The van der Waals surface area contributed by atoms with Gasteiger partial charge in [-0.3, -0.25) is 9.48 Å². The number of aryl methyl sites for hydroxylation is 1. The number of benzene rings is 1. The maximum absolute atomic E-state index is 13.5. The van der Waals surface area contributed by atoms with Crippen molar-refractivity contribution in [1.29, 1.82) is 0 Å². The predicted molar refractivity (Wildman–Crippen MR) is 145 cm³/mol. The number of nitrogens with zero attached hydrogens (tertiary/aromatic N) is 2. The van der Waals surface area contributed by atoms with Crippen LogP contribution >= 0.6 is 11.6 Å². The predicted octanol–water partition coefficient (Wildman–Crippen LogP) is 6.07. The van der Waals surface area contributed by atoms with Gasteiger partial charge in [-0.05, 0) is 56.6 Å². The number of nitrogens with one attached hydrogen (secondary N) is 1. The number of rotatable bonds is 8. The second-order valence-corrected chi connectivity index (χ2v) is 10.8. The third-order valence-electron chi connectivity index (χ3n) is 7.49. The van der Waals surface area contributed by atoms with Crippen molar-refractivity contribution in [2.24, 2.45) is 11.8 Å². The van der Waals surface area contributed by atoms with E-state index in [1.807, 2.05) is 13.0 Å². The summed E-state index contributed by atoms with van der Waals surface area (Å²) in [4.78, 5) is 13.0. The van der Waals surface area contributed by atoms with E-state index in [4.69, 9.17) is 29.5 Å². The Morgan fingerprint density at radius 2 is 1.82 bits per heavy atom. The zero-order chi connectivity index (χ0) is 28.6. The lowest BCUT2D eigenvalue weighted by Crippen LogP contribution is -2.31. The molecule has 0 unspecified atom stereocenters. The third-order valence-corrected chi connectivity index (χ3v) is 7.85. The summed E-state index contributed by atoms with van der Waals surface area (Å²) in [6, 6.07) is 5.32. The van der Waals surface area contributed by atoms with Crippen molar-refractivity contribution in [1.82, 2.24) is 15.1 Å². The van der Waals surface area contributed by atoms with Crippen molar-refractivity contribution in [3.8, 4) is 22.8 Å². The number of alkyl halides is 2. The van der Waals surface area contributed by atoms with E-state index in [1.54, 1.807) is 23.9 Å². The van der Waals surface area contributed by atoms with Crippen LogP contribution in [0.2, 0.25) is 5.02 Å². The van der Waals surface area contributed by atoms with Crippen LogP contribution in [-0.2, 0) is 18.1 Å². The van der Waals surface area contributed by atoms with Gasteiger partial charge in [-0.2, -0.15) is 13.5 Å². The zero-order valence-corrected chi connectivity index (χ0v) is 24.1. The molecule has 216 valence electrons. The summed E-state index contributed by atoms with van der Waals surface area (Å²) >= 11 is 5.98. The minimum Gasteiger partial charge on any atom is -0.496 e. The van der Waals surface area contributed by atoms with Crippen molar-refractivity contribution in [3.05, 3.63) is 28.9 Å². The lowest BCUT2D eigenvalue weighted by atomic mass is 9.83. The van der Waals surface area contributed by atoms with Crippen molar-refractivity contribution >= 4 is 29.1 Å². The minimum atomic E-state index is -2.60. The van der Waals surface area contributed by atoms with Crippen LogP contribution in [0.25, 0.3) is 11.3 Å². The Morgan fingerprint density at radius 1 is 1.18 bits per heavy atom. The van der Waals surface area contributed by atoms with Gasteiger partial charge in [0, 0.05) is 37.6 Å². The number of carbonyl (C=O) groups excluding carboxylic acids is 1. The fourth-order valence-electron chi connectivity index (χ4n) is 5.19. The average molecular weight is 588 g/mol. The molecule has 12 heteroatoms. The second-order valence-electron chi connectivity index (χ2n) is 10.3. The van der Waals surface area contributed by atoms with E-state index in [-0.39, 0.29) is 35.6 Å². The van der Waals surface area contributed by atoms with Gasteiger partial charge in [0.2, 0.25) is 5.92 Å². The smallest absolute Gasteiger partial charge is 0.335 e. The van der Waals surface area contributed by atoms with E-state index in [0.29, 0.717) is 54.6 Å². The first-order valence-corrected chi connectivity index (χ1v) is 14.4. The Bertz CT molecular complexity index is 1150. The minimum absolute atomic E-state index is 0.164. The fraction of sp³-hybridized carbons (Fsp3) is 0.630. The van der Waals surface area contributed by atoms with Gasteiger partial charge < -0.3 is 14.8 Å². The first-order valence-electron chi connectivity index (χ1n) is 13.3. The molecule has 1 amide bonds. The standard InChI is InChI=1S/C27H36ClF2N3O3.O2S/c1-4-33-25(23(28)24(32-33)26(34)31-16-18-7-5-17(2)6-8-18)21-10-9-20(15-22(21)35-3)36-19-11-13-27(29,30)14-12-19;1-3-2/h9-10,15,17-19H,4-8,11-14,16H2,1-3H3,(H,31,34);. The van der Waals surface area contributed by atoms with Gasteiger partial charge in [0.15, 0.2) is 5.69 Å². The van der Waals surface area contributed by atoms with E-state index < -0.39 is 17.5 Å². The zero-order valence-electron chi connectivity index (χ0n) is 22.5. The number of halogens is 3. The number of hydrogen-bond acceptors (Lipinski definition) is 6. The fourth-order valence-corrected chi connectivity index (χ4v) is 5.51. The molecule has 2 aliphatic rings. The average Bonchev–Trinajstić information content (AvgIpc) is 3.25. The molecule has 4 rings (SSSR count). The Kier molecular flexibility index (Phi) is 11.3. The van der Waals surface area contributed by atoms with Crippen LogP contribution in [0.4, 0.5) is 8.78 Å². The maximum atomic E-state index is 13.5. The monoisotopic (exact) mass is 587 g/mol. The van der Waals surface area contributed by atoms with Crippen LogP contribution in [0.1, 0.15) is 75.7 Å². The van der Waals surface area contributed by atoms with Gasteiger partial charge in [-0.15, -0.1) is 0 Å². The molecule has 39 heavy (non-hydrogen) atoms. The van der Waals surface area contributed by atoms with Crippen LogP contribution < -0.4 is 14.8 Å². The van der Waals surface area contributed by atoms with Gasteiger partial charge in [-0.1, -0.05) is 31.4 Å². The highest BCUT2D eigenvalue weighted by Crippen LogP contribution is 2.40. The van der Waals surface area contributed by atoms with Gasteiger partial charge in [-0.25, -0.2) is 8.78 Å². The molecule has 1 aromatic carbocycles. The van der Waals surface area contributed by atoms with E-state index in [1.165, 1.54) is 12.8 Å². The van der Waals surface area contributed by atoms with Crippen LogP contribution in [-0.4, -0.2) is 49.8 Å². The summed E-state index contributed by atoms with van der Waals surface area (Å²) in [7, 11) is 1.54. The van der Waals surface area contributed by atoms with Gasteiger partial charge >= 0.3 is 11.6 Å². The summed E-state index contributed by atoms with van der Waals surface area (Å²) in [5.41, 5.74) is 1.47. The summed E-state index contributed by atoms with van der Waals surface area (Å²) in [5.74, 6) is -0.582. The third kappa shape index (κ3) is 8.23. The van der Waals surface area contributed by atoms with Crippen LogP contribution in [0.15, 0.2) is 18.2 Å². The molecule has 0 spiro atoms. The molecule has 2 aliphatic carbocycles. The molecule has 0 atom stereocenters. The van der Waals surface area contributed by atoms with Crippen LogP contribution in [0.5, 0.6) is 11.5 Å². The Labute approximate surface area is 236 Å². The van der Waals surface area contributed by atoms with Crippen molar-refractivity contribution in [2.75, 3.05) is 13.7 Å². The Hall–Kier alpha value is -2.53. The number of ether oxygens (including phenoxy) is 2. The van der Waals surface area contributed by atoms with Crippen molar-refractivity contribution < 1.29 is 31.5 Å². The van der Waals surface area contributed by atoms with Crippen molar-refractivity contribution in [2.45, 2.75) is 83.8 Å². The highest BCUT2D eigenvalue weighted by atomic mass is 35.5. The number of aromatic nitrogens is 2. The van der Waals surface area contributed by atoms with Gasteiger partial charge in [0.25, 0.3) is 5.91 Å². The molecule has 0 saturated heterocycles. The van der Waals surface area contributed by atoms with E-state index >= 15 is 0 Å². The lowest BCUT2D eigenvalue weighted by Gasteiger charge is -2.28. The van der Waals surface area contributed by atoms with Crippen molar-refractivity contribution in [3.63, 3.8) is 0 Å². The summed E-state index contributed by atoms with van der Waals surface area (Å²) < 4.78 is 56.8. The number of methoxy groups -OCH3 is 1. The highest BCUT2D eigenvalue weighted by Gasteiger charge is 2.36. The van der Waals surface area contributed by atoms with Gasteiger partial charge in [0.1, 0.15) is 11.5 Å². The molecule has 0 bridgehead atoms. The first kappa shape index (κ1) is 31.0. The molecule has 2 fully saturated rings. The van der Waals surface area contributed by atoms with Crippen LogP contribution in [0, 0.1) is 11.8 Å². The lowest BCUT2D eigenvalue weighted by molar-refractivity contribution is -0.0582. The van der Waals surface area contributed by atoms with Gasteiger partial charge in [0.05, 0.1) is 23.9 Å². The first-order chi connectivity index (χ1) is 18.6. The van der Waals surface area contributed by atoms with E-state index in [0.717, 1.165) is 18.8 Å². The molecular formula is C27H36ClF2N3O5S. The molecule has 1 aromatic heterocycles. The maximum Gasteiger partial charge on any atom is 0.335 e.